The molecule has 0 saturated carbocycles. The number of hydrogen-bond acceptors (Lipinski definition) is 4. The second-order valence-corrected chi connectivity index (χ2v) is 6.14. The number of ether oxygens (including phenoxy) is 1. The standard InChI is InChI=1S/C18H30O4/c1-3-5-7-8-10-12-15(19)17-16(20)13-14(22-18(17)21)11-9-6-4-2/h14,19H,3-13H2,1-2H3. The van der Waals surface area contributed by atoms with Crippen molar-refractivity contribution in [3.63, 3.8) is 0 Å². The van der Waals surface area contributed by atoms with Gasteiger partial charge in [0.2, 0.25) is 0 Å². The molecule has 1 aliphatic rings. The molecule has 126 valence electrons. The number of ketones is 1. The van der Waals surface area contributed by atoms with Crippen molar-refractivity contribution in [3.05, 3.63) is 11.3 Å². The zero-order valence-electron chi connectivity index (χ0n) is 14.0. The van der Waals surface area contributed by atoms with Gasteiger partial charge in [-0.3, -0.25) is 4.79 Å². The van der Waals surface area contributed by atoms with E-state index in [1.54, 1.807) is 0 Å². The van der Waals surface area contributed by atoms with Crippen molar-refractivity contribution in [2.45, 2.75) is 90.6 Å². The van der Waals surface area contributed by atoms with Gasteiger partial charge in [0.15, 0.2) is 5.78 Å². The van der Waals surface area contributed by atoms with Crippen LogP contribution in [0.15, 0.2) is 11.3 Å². The van der Waals surface area contributed by atoms with E-state index in [2.05, 4.69) is 13.8 Å². The highest BCUT2D eigenvalue weighted by Gasteiger charge is 2.34. The number of unbranched alkanes of at least 4 members (excludes halogenated alkanes) is 6. The topological polar surface area (TPSA) is 63.6 Å². The van der Waals surface area contributed by atoms with E-state index in [1.165, 1.54) is 6.42 Å². The Morgan fingerprint density at radius 1 is 1.05 bits per heavy atom. The van der Waals surface area contributed by atoms with Crippen LogP contribution in [0.4, 0.5) is 0 Å². The van der Waals surface area contributed by atoms with Crippen molar-refractivity contribution in [2.75, 3.05) is 0 Å². The third kappa shape index (κ3) is 6.20. The average Bonchev–Trinajstić information content (AvgIpc) is 2.46. The number of hydrogen-bond donors (Lipinski definition) is 1. The molecule has 0 aromatic heterocycles. The molecule has 0 radical (unpaired) electrons. The minimum atomic E-state index is -0.635. The number of carbonyl (C=O) groups excluding carboxylic acids is 2. The summed E-state index contributed by atoms with van der Waals surface area (Å²) in [7, 11) is 0. The van der Waals surface area contributed by atoms with Crippen molar-refractivity contribution >= 4 is 11.8 Å². The summed E-state index contributed by atoms with van der Waals surface area (Å²) < 4.78 is 5.30. The first-order valence-electron chi connectivity index (χ1n) is 8.76. The van der Waals surface area contributed by atoms with Crippen LogP contribution in [0.3, 0.4) is 0 Å². The third-order valence-electron chi connectivity index (χ3n) is 4.11. The molecule has 1 heterocycles. The maximum atomic E-state index is 12.1. The Balaban J connectivity index is 2.48. The summed E-state index contributed by atoms with van der Waals surface area (Å²) >= 11 is 0. The molecule has 22 heavy (non-hydrogen) atoms. The second kappa shape index (κ2) is 10.4. The van der Waals surface area contributed by atoms with E-state index in [0.717, 1.165) is 51.4 Å². The van der Waals surface area contributed by atoms with Crippen LogP contribution < -0.4 is 0 Å². The maximum absolute atomic E-state index is 12.1. The number of esters is 1. The molecule has 4 nitrogen and oxygen atoms in total. The average molecular weight is 310 g/mol. The summed E-state index contributed by atoms with van der Waals surface area (Å²) in [6.45, 7) is 4.25. The fraction of sp³-hybridized carbons (Fsp3) is 0.778. The minimum absolute atomic E-state index is 0.0847. The van der Waals surface area contributed by atoms with E-state index >= 15 is 0 Å². The van der Waals surface area contributed by atoms with E-state index in [4.69, 9.17) is 4.74 Å². The van der Waals surface area contributed by atoms with Crippen LogP contribution in [0.25, 0.3) is 0 Å². The van der Waals surface area contributed by atoms with Gasteiger partial charge in [-0.2, -0.15) is 0 Å². The summed E-state index contributed by atoms with van der Waals surface area (Å²) in [4.78, 5) is 24.1. The van der Waals surface area contributed by atoms with Crippen LogP contribution in [0.2, 0.25) is 0 Å². The maximum Gasteiger partial charge on any atom is 0.345 e. The highest BCUT2D eigenvalue weighted by atomic mass is 16.5. The molecule has 1 aliphatic heterocycles. The third-order valence-corrected chi connectivity index (χ3v) is 4.11. The lowest BCUT2D eigenvalue weighted by Gasteiger charge is -2.23. The summed E-state index contributed by atoms with van der Waals surface area (Å²) in [5, 5.41) is 10.0. The van der Waals surface area contributed by atoms with E-state index in [9.17, 15) is 14.7 Å². The lowest BCUT2D eigenvalue weighted by Crippen LogP contribution is -2.33. The lowest BCUT2D eigenvalue weighted by molar-refractivity contribution is -0.151. The van der Waals surface area contributed by atoms with Gasteiger partial charge in [0.25, 0.3) is 0 Å². The Morgan fingerprint density at radius 2 is 1.68 bits per heavy atom. The van der Waals surface area contributed by atoms with Gasteiger partial charge in [-0.1, -0.05) is 52.4 Å². The van der Waals surface area contributed by atoms with Gasteiger partial charge in [-0.25, -0.2) is 4.79 Å². The molecule has 1 rings (SSSR count). The number of aliphatic hydroxyl groups excluding tert-OH is 1. The van der Waals surface area contributed by atoms with Crippen LogP contribution >= 0.6 is 0 Å². The van der Waals surface area contributed by atoms with E-state index < -0.39 is 5.97 Å². The highest BCUT2D eigenvalue weighted by Crippen LogP contribution is 2.24. The number of allylic oxidation sites excluding steroid dienone is 1. The summed E-state index contributed by atoms with van der Waals surface area (Å²) in [5.41, 5.74) is -0.109. The molecule has 0 aliphatic carbocycles. The van der Waals surface area contributed by atoms with Gasteiger partial charge in [0, 0.05) is 12.8 Å². The van der Waals surface area contributed by atoms with Gasteiger partial charge < -0.3 is 9.84 Å². The molecule has 0 amide bonds. The molecule has 4 heteroatoms. The highest BCUT2D eigenvalue weighted by molar-refractivity contribution is 6.19. The predicted molar refractivity (Wildman–Crippen MR) is 86.7 cm³/mol. The largest absolute Gasteiger partial charge is 0.511 e. The fourth-order valence-electron chi connectivity index (χ4n) is 2.76. The van der Waals surface area contributed by atoms with Crippen molar-refractivity contribution < 1.29 is 19.4 Å². The molecule has 0 aromatic rings. The normalized spacial score (nSPS) is 20.9. The first-order valence-corrected chi connectivity index (χ1v) is 8.76. The first kappa shape index (κ1) is 18.7. The second-order valence-electron chi connectivity index (χ2n) is 6.14. The van der Waals surface area contributed by atoms with Crippen molar-refractivity contribution in [3.8, 4) is 0 Å². The number of cyclic esters (lactones) is 1. The summed E-state index contributed by atoms with van der Waals surface area (Å²) in [5.74, 6) is -0.980. The molecule has 0 aromatic carbocycles. The molecular formula is C18H30O4. The molecule has 0 spiro atoms. The van der Waals surface area contributed by atoms with Crippen molar-refractivity contribution in [1.29, 1.82) is 0 Å². The monoisotopic (exact) mass is 310 g/mol. The Bertz CT molecular complexity index is 378. The van der Waals surface area contributed by atoms with Gasteiger partial charge >= 0.3 is 5.97 Å². The fourth-order valence-corrected chi connectivity index (χ4v) is 2.76. The zero-order chi connectivity index (χ0) is 16.4. The van der Waals surface area contributed by atoms with E-state index in [-0.39, 0.29) is 29.6 Å². The molecule has 1 saturated heterocycles. The summed E-state index contributed by atoms with van der Waals surface area (Å²) in [6.07, 6.45) is 9.43. The minimum Gasteiger partial charge on any atom is -0.511 e. The molecule has 0 bridgehead atoms. The molecule has 1 fully saturated rings. The van der Waals surface area contributed by atoms with Crippen molar-refractivity contribution in [1.82, 2.24) is 0 Å². The number of carbonyl (C=O) groups is 2. The quantitative estimate of drug-likeness (QED) is 0.210. The summed E-state index contributed by atoms with van der Waals surface area (Å²) in [6, 6.07) is 0. The Kier molecular flexibility index (Phi) is 8.86. The smallest absolute Gasteiger partial charge is 0.345 e. The molecular weight excluding hydrogens is 280 g/mol. The van der Waals surface area contributed by atoms with E-state index in [1.807, 2.05) is 0 Å². The number of aliphatic hydroxyl groups is 1. The first-order chi connectivity index (χ1) is 10.6. The van der Waals surface area contributed by atoms with Crippen LogP contribution in [0.5, 0.6) is 0 Å². The molecule has 1 N–H and O–H groups in total. The Hall–Kier alpha value is -1.32. The van der Waals surface area contributed by atoms with Crippen molar-refractivity contribution in [2.24, 2.45) is 0 Å². The number of Topliss-reactive ketones (excluding diaryl/α,β-unsaturated/α-hetero) is 1. The predicted octanol–water partition coefficient (Wildman–Crippen LogP) is 4.62. The Morgan fingerprint density at radius 3 is 2.32 bits per heavy atom. The van der Waals surface area contributed by atoms with Gasteiger partial charge in [0.1, 0.15) is 17.4 Å². The van der Waals surface area contributed by atoms with Crippen LogP contribution in [0, 0.1) is 0 Å². The van der Waals surface area contributed by atoms with Crippen LogP contribution in [-0.4, -0.2) is 23.0 Å². The zero-order valence-corrected chi connectivity index (χ0v) is 14.0. The van der Waals surface area contributed by atoms with E-state index in [0.29, 0.717) is 6.42 Å². The molecule has 1 unspecified atom stereocenters. The Labute approximate surface area is 133 Å². The van der Waals surface area contributed by atoms with Crippen LogP contribution in [0.1, 0.15) is 84.5 Å². The number of rotatable bonds is 10. The van der Waals surface area contributed by atoms with Crippen LogP contribution in [-0.2, 0) is 14.3 Å². The lowest BCUT2D eigenvalue weighted by atomic mass is 9.96. The van der Waals surface area contributed by atoms with Gasteiger partial charge in [0.05, 0.1) is 0 Å². The SMILES string of the molecule is CCCCCCCC(O)=C1C(=O)CC(CCCCC)OC1=O. The van der Waals surface area contributed by atoms with Gasteiger partial charge in [-0.05, 0) is 19.3 Å². The van der Waals surface area contributed by atoms with Gasteiger partial charge in [-0.15, -0.1) is 0 Å². The molecule has 1 atom stereocenters.